The smallest absolute Gasteiger partial charge is 0.0543 e. The Morgan fingerprint density at radius 2 is 2.00 bits per heavy atom. The molecule has 128 valence electrons. The van der Waals surface area contributed by atoms with E-state index < -0.39 is 0 Å². The summed E-state index contributed by atoms with van der Waals surface area (Å²) in [5.41, 5.74) is 1.15. The number of rotatable bonds is 6. The molecule has 0 aromatic carbocycles. The van der Waals surface area contributed by atoms with Gasteiger partial charge in [-0.2, -0.15) is 0 Å². The summed E-state index contributed by atoms with van der Waals surface area (Å²) in [7, 11) is 0. The van der Waals surface area contributed by atoms with E-state index in [9.17, 15) is 5.11 Å². The van der Waals surface area contributed by atoms with E-state index in [2.05, 4.69) is 26.9 Å². The predicted molar refractivity (Wildman–Crippen MR) is 93.2 cm³/mol. The molecule has 23 heavy (non-hydrogen) atoms. The topological polar surface area (TPSA) is 39.6 Å². The van der Waals surface area contributed by atoms with Gasteiger partial charge in [0.1, 0.15) is 0 Å². The maximum atomic E-state index is 9.46. The van der Waals surface area contributed by atoms with Crippen molar-refractivity contribution in [2.45, 2.75) is 51.1 Å². The van der Waals surface area contributed by atoms with Gasteiger partial charge in [0.15, 0.2) is 0 Å². The van der Waals surface area contributed by atoms with Crippen molar-refractivity contribution in [1.82, 2.24) is 14.8 Å². The van der Waals surface area contributed by atoms with Gasteiger partial charge in [-0.15, -0.1) is 0 Å². The van der Waals surface area contributed by atoms with E-state index in [0.717, 1.165) is 44.2 Å². The summed E-state index contributed by atoms with van der Waals surface area (Å²) >= 11 is 0. The van der Waals surface area contributed by atoms with E-state index >= 15 is 0 Å². The fourth-order valence-electron chi connectivity index (χ4n) is 4.19. The van der Waals surface area contributed by atoms with Crippen LogP contribution in [0.3, 0.4) is 0 Å². The molecule has 1 aromatic heterocycles. The van der Waals surface area contributed by atoms with Gasteiger partial charge in [0.05, 0.1) is 5.69 Å². The fourth-order valence-corrected chi connectivity index (χ4v) is 4.19. The van der Waals surface area contributed by atoms with Gasteiger partial charge >= 0.3 is 0 Å². The van der Waals surface area contributed by atoms with Crippen LogP contribution in [0.2, 0.25) is 0 Å². The molecule has 0 unspecified atom stereocenters. The minimum absolute atomic E-state index is 0.295. The molecule has 4 nitrogen and oxygen atoms in total. The van der Waals surface area contributed by atoms with Crippen LogP contribution in [-0.2, 0) is 6.54 Å². The Hall–Kier alpha value is -0.970. The van der Waals surface area contributed by atoms with Crippen molar-refractivity contribution in [2.24, 2.45) is 5.92 Å². The van der Waals surface area contributed by atoms with Crippen LogP contribution in [0.4, 0.5) is 0 Å². The van der Waals surface area contributed by atoms with Crippen molar-refractivity contribution in [3.05, 3.63) is 30.1 Å². The number of aliphatic hydroxyl groups excluding tert-OH is 1. The largest absolute Gasteiger partial charge is 0.396 e. The van der Waals surface area contributed by atoms with Gasteiger partial charge in [0, 0.05) is 51.6 Å². The third-order valence-electron chi connectivity index (χ3n) is 5.48. The first kappa shape index (κ1) is 16.9. The predicted octanol–water partition coefficient (Wildman–Crippen LogP) is 2.53. The molecule has 1 saturated heterocycles. The van der Waals surface area contributed by atoms with Crippen molar-refractivity contribution in [3.8, 4) is 0 Å². The molecule has 2 fully saturated rings. The molecule has 1 aliphatic carbocycles. The standard InChI is InChI=1S/C19H31N3O/c23-13-9-19-16-21(15-18-8-4-5-10-20-18)11-12-22(19)14-17-6-2-1-3-7-17/h4-5,8,10,17,19,23H,1-3,6-7,9,11-16H2/t19-/m1/s1. The zero-order valence-electron chi connectivity index (χ0n) is 14.2. The van der Waals surface area contributed by atoms with Gasteiger partial charge in [0.25, 0.3) is 0 Å². The number of piperazine rings is 1. The van der Waals surface area contributed by atoms with Gasteiger partial charge in [-0.25, -0.2) is 0 Å². The first-order valence-electron chi connectivity index (χ1n) is 9.32. The lowest BCUT2D eigenvalue weighted by atomic mass is 9.88. The molecule has 0 radical (unpaired) electrons. The van der Waals surface area contributed by atoms with Crippen molar-refractivity contribution in [1.29, 1.82) is 0 Å². The van der Waals surface area contributed by atoms with Crippen LogP contribution >= 0.6 is 0 Å². The molecule has 1 aliphatic heterocycles. The molecule has 1 N–H and O–H groups in total. The second-order valence-electron chi connectivity index (χ2n) is 7.22. The van der Waals surface area contributed by atoms with Crippen molar-refractivity contribution in [2.75, 3.05) is 32.8 Å². The average Bonchev–Trinajstić information content (AvgIpc) is 2.59. The molecular formula is C19H31N3O. The normalized spacial score (nSPS) is 24.8. The molecule has 0 amide bonds. The van der Waals surface area contributed by atoms with Crippen molar-refractivity contribution >= 4 is 0 Å². The highest BCUT2D eigenvalue weighted by Gasteiger charge is 2.28. The van der Waals surface area contributed by atoms with Crippen LogP contribution in [0, 0.1) is 5.92 Å². The Labute approximate surface area is 140 Å². The Morgan fingerprint density at radius 3 is 2.74 bits per heavy atom. The maximum Gasteiger partial charge on any atom is 0.0543 e. The number of nitrogens with zero attached hydrogens (tertiary/aromatic N) is 3. The third kappa shape index (κ3) is 5.00. The lowest BCUT2D eigenvalue weighted by Gasteiger charge is -2.43. The molecule has 3 rings (SSSR count). The molecule has 2 aliphatic rings. The zero-order chi connectivity index (χ0) is 15.9. The molecule has 2 heterocycles. The van der Waals surface area contributed by atoms with E-state index in [1.54, 1.807) is 0 Å². The quantitative estimate of drug-likeness (QED) is 0.875. The van der Waals surface area contributed by atoms with E-state index in [-0.39, 0.29) is 0 Å². The van der Waals surface area contributed by atoms with E-state index in [0.29, 0.717) is 12.6 Å². The summed E-state index contributed by atoms with van der Waals surface area (Å²) in [5, 5.41) is 9.46. The number of hydrogen-bond acceptors (Lipinski definition) is 4. The summed E-state index contributed by atoms with van der Waals surface area (Å²) in [6.45, 7) is 5.77. The lowest BCUT2D eigenvalue weighted by Crippen LogP contribution is -2.54. The Kier molecular flexibility index (Phi) is 6.43. The summed E-state index contributed by atoms with van der Waals surface area (Å²) in [6, 6.07) is 6.64. The van der Waals surface area contributed by atoms with E-state index in [4.69, 9.17) is 0 Å². The molecule has 1 atom stereocenters. The van der Waals surface area contributed by atoms with Crippen LogP contribution in [0.1, 0.15) is 44.2 Å². The summed E-state index contributed by atoms with van der Waals surface area (Å²) in [6.07, 6.45) is 9.82. The maximum absolute atomic E-state index is 9.46. The Bertz CT molecular complexity index is 447. The van der Waals surface area contributed by atoms with Crippen molar-refractivity contribution < 1.29 is 5.11 Å². The molecular weight excluding hydrogens is 286 g/mol. The number of hydrogen-bond donors (Lipinski definition) is 1. The zero-order valence-corrected chi connectivity index (χ0v) is 14.2. The lowest BCUT2D eigenvalue weighted by molar-refractivity contribution is 0.0395. The van der Waals surface area contributed by atoms with Crippen LogP contribution in [0.25, 0.3) is 0 Å². The molecule has 1 saturated carbocycles. The summed E-state index contributed by atoms with van der Waals surface area (Å²) < 4.78 is 0. The second kappa shape index (κ2) is 8.76. The minimum atomic E-state index is 0.295. The van der Waals surface area contributed by atoms with Crippen LogP contribution < -0.4 is 0 Å². The molecule has 0 bridgehead atoms. The van der Waals surface area contributed by atoms with Crippen LogP contribution in [-0.4, -0.2) is 58.7 Å². The van der Waals surface area contributed by atoms with Crippen LogP contribution in [0.5, 0.6) is 0 Å². The Balaban J connectivity index is 1.54. The van der Waals surface area contributed by atoms with Gasteiger partial charge in [0.2, 0.25) is 0 Å². The molecule has 0 spiro atoms. The van der Waals surface area contributed by atoms with Crippen molar-refractivity contribution in [3.63, 3.8) is 0 Å². The van der Waals surface area contributed by atoms with Crippen LogP contribution in [0.15, 0.2) is 24.4 Å². The van der Waals surface area contributed by atoms with Gasteiger partial charge in [-0.3, -0.25) is 14.8 Å². The third-order valence-corrected chi connectivity index (χ3v) is 5.48. The SMILES string of the molecule is OCC[C@@H]1CN(Cc2ccccn2)CCN1CC1CCCCC1. The molecule has 1 aromatic rings. The first-order chi connectivity index (χ1) is 11.3. The van der Waals surface area contributed by atoms with Gasteiger partial charge < -0.3 is 5.11 Å². The monoisotopic (exact) mass is 317 g/mol. The van der Waals surface area contributed by atoms with Gasteiger partial charge in [-0.1, -0.05) is 25.3 Å². The number of aliphatic hydroxyl groups is 1. The first-order valence-corrected chi connectivity index (χ1v) is 9.32. The van der Waals surface area contributed by atoms with E-state index in [1.807, 2.05) is 12.3 Å². The van der Waals surface area contributed by atoms with Gasteiger partial charge in [-0.05, 0) is 37.3 Å². The molecule has 4 heteroatoms. The Morgan fingerprint density at radius 1 is 1.13 bits per heavy atom. The highest BCUT2D eigenvalue weighted by atomic mass is 16.3. The van der Waals surface area contributed by atoms with E-state index in [1.165, 1.54) is 38.6 Å². The number of pyridine rings is 1. The minimum Gasteiger partial charge on any atom is -0.396 e. The average molecular weight is 317 g/mol. The highest BCUT2D eigenvalue weighted by molar-refractivity contribution is 5.03. The number of aromatic nitrogens is 1. The highest BCUT2D eigenvalue weighted by Crippen LogP contribution is 2.26. The summed E-state index contributed by atoms with van der Waals surface area (Å²) in [4.78, 5) is 9.61. The summed E-state index contributed by atoms with van der Waals surface area (Å²) in [5.74, 6) is 0.882. The second-order valence-corrected chi connectivity index (χ2v) is 7.22. The fraction of sp³-hybridized carbons (Fsp3) is 0.737.